The summed E-state index contributed by atoms with van der Waals surface area (Å²) >= 11 is 3.36. The minimum atomic E-state index is -0.124. The summed E-state index contributed by atoms with van der Waals surface area (Å²) in [5, 5.41) is 2.85. The monoisotopic (exact) mass is 325 g/mol. The molecule has 1 aliphatic rings. The molecular weight excluding hydrogens is 310 g/mol. The molecule has 1 N–H and O–H groups in total. The van der Waals surface area contributed by atoms with Gasteiger partial charge in [-0.15, -0.1) is 0 Å². The lowest BCUT2D eigenvalue weighted by Gasteiger charge is -2.34. The van der Waals surface area contributed by atoms with Crippen LogP contribution in [0.3, 0.4) is 0 Å². The van der Waals surface area contributed by atoms with Crippen LogP contribution in [0.15, 0.2) is 28.7 Å². The molecule has 0 atom stereocenters. The van der Waals surface area contributed by atoms with Crippen molar-refractivity contribution in [2.45, 2.75) is 6.92 Å². The molecule has 19 heavy (non-hydrogen) atoms. The maximum absolute atomic E-state index is 12.1. The number of nitrogens with one attached hydrogen (secondary N) is 1. The van der Waals surface area contributed by atoms with Crippen LogP contribution in [0.1, 0.15) is 6.92 Å². The Morgan fingerprint density at radius 3 is 2.37 bits per heavy atom. The molecule has 102 valence electrons. The van der Waals surface area contributed by atoms with Crippen LogP contribution in [0.4, 0.5) is 10.5 Å². The fraction of sp³-hybridized carbons (Fsp3) is 0.385. The van der Waals surface area contributed by atoms with Crippen LogP contribution < -0.4 is 5.32 Å². The van der Waals surface area contributed by atoms with Crippen molar-refractivity contribution in [1.29, 1.82) is 0 Å². The smallest absolute Gasteiger partial charge is 0.321 e. The largest absolute Gasteiger partial charge is 0.339 e. The predicted octanol–water partition coefficient (Wildman–Crippen LogP) is 2.15. The highest BCUT2D eigenvalue weighted by Gasteiger charge is 2.22. The van der Waals surface area contributed by atoms with Gasteiger partial charge in [-0.1, -0.05) is 22.0 Å². The average Bonchev–Trinajstić information content (AvgIpc) is 2.39. The summed E-state index contributed by atoms with van der Waals surface area (Å²) in [6.45, 7) is 3.89. The molecule has 1 heterocycles. The topological polar surface area (TPSA) is 52.7 Å². The summed E-state index contributed by atoms with van der Waals surface area (Å²) < 4.78 is 0.923. The molecule has 0 spiro atoms. The number of carbonyl (C=O) groups is 2. The minimum Gasteiger partial charge on any atom is -0.339 e. The zero-order valence-electron chi connectivity index (χ0n) is 10.7. The lowest BCUT2D eigenvalue weighted by molar-refractivity contribution is -0.130. The lowest BCUT2D eigenvalue weighted by Crippen LogP contribution is -2.51. The number of urea groups is 1. The van der Waals surface area contributed by atoms with Crippen LogP contribution in [0, 0.1) is 0 Å². The lowest BCUT2D eigenvalue weighted by atomic mass is 10.3. The number of benzene rings is 1. The van der Waals surface area contributed by atoms with E-state index < -0.39 is 0 Å². The number of nitrogens with zero attached hydrogens (tertiary/aromatic N) is 2. The maximum Gasteiger partial charge on any atom is 0.321 e. The fourth-order valence-electron chi connectivity index (χ4n) is 1.99. The molecule has 2 rings (SSSR count). The molecule has 1 fully saturated rings. The summed E-state index contributed by atoms with van der Waals surface area (Å²) in [5.41, 5.74) is 0.758. The molecule has 6 heteroatoms. The normalized spacial score (nSPS) is 15.3. The van der Waals surface area contributed by atoms with Gasteiger partial charge in [0.05, 0.1) is 0 Å². The van der Waals surface area contributed by atoms with Crippen molar-refractivity contribution in [1.82, 2.24) is 9.80 Å². The van der Waals surface area contributed by atoms with Gasteiger partial charge in [-0.05, 0) is 18.2 Å². The van der Waals surface area contributed by atoms with E-state index in [-0.39, 0.29) is 11.9 Å². The van der Waals surface area contributed by atoms with Crippen LogP contribution in [0.25, 0.3) is 0 Å². The highest BCUT2D eigenvalue weighted by molar-refractivity contribution is 9.10. The second-order valence-corrected chi connectivity index (χ2v) is 5.35. The highest BCUT2D eigenvalue weighted by Crippen LogP contribution is 2.16. The van der Waals surface area contributed by atoms with Gasteiger partial charge in [-0.3, -0.25) is 4.79 Å². The van der Waals surface area contributed by atoms with E-state index in [9.17, 15) is 9.59 Å². The Labute approximate surface area is 120 Å². The molecule has 1 aromatic carbocycles. The van der Waals surface area contributed by atoms with Gasteiger partial charge in [-0.2, -0.15) is 0 Å². The third-order valence-electron chi connectivity index (χ3n) is 3.09. The van der Waals surface area contributed by atoms with Gasteiger partial charge in [0.1, 0.15) is 0 Å². The molecule has 3 amide bonds. The molecule has 0 unspecified atom stereocenters. The summed E-state index contributed by atoms with van der Waals surface area (Å²) in [7, 11) is 0. The molecule has 1 aromatic rings. The van der Waals surface area contributed by atoms with Gasteiger partial charge in [0.2, 0.25) is 5.91 Å². The standard InChI is InChI=1S/C13H16BrN3O2/c1-10(18)16-5-7-17(8-6-16)13(19)15-12-4-2-3-11(14)9-12/h2-4,9H,5-8H2,1H3,(H,15,19). The van der Waals surface area contributed by atoms with E-state index in [1.807, 2.05) is 24.3 Å². The van der Waals surface area contributed by atoms with Crippen LogP contribution in [-0.2, 0) is 4.79 Å². The second kappa shape index (κ2) is 6.06. The van der Waals surface area contributed by atoms with Crippen molar-refractivity contribution in [3.05, 3.63) is 28.7 Å². The van der Waals surface area contributed by atoms with E-state index in [4.69, 9.17) is 0 Å². The average molecular weight is 326 g/mol. The van der Waals surface area contributed by atoms with Crippen LogP contribution in [-0.4, -0.2) is 47.9 Å². The summed E-state index contributed by atoms with van der Waals surface area (Å²) in [4.78, 5) is 26.7. The van der Waals surface area contributed by atoms with E-state index in [0.29, 0.717) is 26.2 Å². The van der Waals surface area contributed by atoms with Crippen molar-refractivity contribution in [2.75, 3.05) is 31.5 Å². The SMILES string of the molecule is CC(=O)N1CCN(C(=O)Nc2cccc(Br)c2)CC1. The highest BCUT2D eigenvalue weighted by atomic mass is 79.9. The van der Waals surface area contributed by atoms with Gasteiger partial charge < -0.3 is 15.1 Å². The van der Waals surface area contributed by atoms with E-state index >= 15 is 0 Å². The van der Waals surface area contributed by atoms with Crippen molar-refractivity contribution >= 4 is 33.6 Å². The first-order valence-electron chi connectivity index (χ1n) is 6.13. The minimum absolute atomic E-state index is 0.0621. The summed E-state index contributed by atoms with van der Waals surface area (Å²) in [5.74, 6) is 0.0621. The Morgan fingerprint density at radius 2 is 1.79 bits per heavy atom. The molecule has 1 aliphatic heterocycles. The molecule has 5 nitrogen and oxygen atoms in total. The molecule has 0 bridgehead atoms. The molecule has 0 aromatic heterocycles. The molecule has 0 radical (unpaired) electrons. The Hall–Kier alpha value is -1.56. The van der Waals surface area contributed by atoms with Gasteiger partial charge in [0.15, 0.2) is 0 Å². The zero-order valence-corrected chi connectivity index (χ0v) is 12.3. The Balaban J connectivity index is 1.90. The number of hydrogen-bond donors (Lipinski definition) is 1. The fourth-order valence-corrected chi connectivity index (χ4v) is 2.39. The molecule has 0 saturated carbocycles. The Bertz CT molecular complexity index is 485. The molecule has 0 aliphatic carbocycles. The summed E-state index contributed by atoms with van der Waals surface area (Å²) in [6, 6.07) is 7.34. The summed E-state index contributed by atoms with van der Waals surface area (Å²) in [6.07, 6.45) is 0. The number of halogens is 1. The third kappa shape index (κ3) is 3.70. The third-order valence-corrected chi connectivity index (χ3v) is 3.58. The van der Waals surface area contributed by atoms with Gasteiger partial charge in [0, 0.05) is 43.3 Å². The predicted molar refractivity (Wildman–Crippen MR) is 77.0 cm³/mol. The first-order chi connectivity index (χ1) is 9.06. The number of rotatable bonds is 1. The number of carbonyl (C=O) groups excluding carboxylic acids is 2. The zero-order chi connectivity index (χ0) is 13.8. The van der Waals surface area contributed by atoms with Crippen LogP contribution in [0.5, 0.6) is 0 Å². The van der Waals surface area contributed by atoms with Crippen molar-refractivity contribution < 1.29 is 9.59 Å². The number of anilines is 1. The quantitative estimate of drug-likeness (QED) is 0.860. The molecular formula is C13H16BrN3O2. The van der Waals surface area contributed by atoms with Crippen molar-refractivity contribution in [2.24, 2.45) is 0 Å². The van der Waals surface area contributed by atoms with E-state index in [2.05, 4.69) is 21.2 Å². The number of piperazine rings is 1. The van der Waals surface area contributed by atoms with Crippen LogP contribution in [0.2, 0.25) is 0 Å². The first-order valence-corrected chi connectivity index (χ1v) is 6.92. The molecule has 1 saturated heterocycles. The van der Waals surface area contributed by atoms with Gasteiger partial charge in [-0.25, -0.2) is 4.79 Å². The van der Waals surface area contributed by atoms with E-state index in [1.54, 1.807) is 16.7 Å². The maximum atomic E-state index is 12.1. The number of amides is 3. The van der Waals surface area contributed by atoms with Gasteiger partial charge in [0.25, 0.3) is 0 Å². The van der Waals surface area contributed by atoms with E-state index in [0.717, 1.165) is 10.2 Å². The first kappa shape index (κ1) is 13.9. The van der Waals surface area contributed by atoms with Crippen molar-refractivity contribution in [3.8, 4) is 0 Å². The number of hydrogen-bond acceptors (Lipinski definition) is 2. The van der Waals surface area contributed by atoms with E-state index in [1.165, 1.54) is 0 Å². The van der Waals surface area contributed by atoms with Gasteiger partial charge >= 0.3 is 6.03 Å². The van der Waals surface area contributed by atoms with Crippen molar-refractivity contribution in [3.63, 3.8) is 0 Å². The van der Waals surface area contributed by atoms with Crippen LogP contribution >= 0.6 is 15.9 Å². The second-order valence-electron chi connectivity index (χ2n) is 4.43. The Morgan fingerprint density at radius 1 is 1.16 bits per heavy atom. The Kier molecular flexibility index (Phi) is 4.42.